The van der Waals surface area contributed by atoms with Gasteiger partial charge in [-0.1, -0.05) is 12.1 Å². The van der Waals surface area contributed by atoms with Crippen LogP contribution in [0.15, 0.2) is 12.4 Å². The lowest BCUT2D eigenvalue weighted by Gasteiger charge is -2.07. The molecule has 0 aliphatic heterocycles. The first kappa shape index (κ1) is 14.1. The summed E-state index contributed by atoms with van der Waals surface area (Å²) in [5, 5.41) is 10.4. The summed E-state index contributed by atoms with van der Waals surface area (Å²) in [6, 6.07) is 0. The van der Waals surface area contributed by atoms with Crippen molar-refractivity contribution in [3.8, 4) is 0 Å². The average molecular weight is 261 g/mol. The third-order valence-corrected chi connectivity index (χ3v) is 3.49. The smallest absolute Gasteiger partial charge is 0.212 e. The molecule has 0 amide bonds. The van der Waals surface area contributed by atoms with Crippen molar-refractivity contribution < 1.29 is 8.42 Å². The molecule has 7 nitrogen and oxygen atoms in total. The lowest BCUT2D eigenvalue weighted by molar-refractivity contribution is 0.550. The van der Waals surface area contributed by atoms with Crippen LogP contribution in [0.25, 0.3) is 0 Å². The Morgan fingerprint density at radius 3 is 2.76 bits per heavy atom. The van der Waals surface area contributed by atoms with Gasteiger partial charge in [0.1, 0.15) is 0 Å². The molecule has 0 fully saturated rings. The Morgan fingerprint density at radius 1 is 1.29 bits per heavy atom. The zero-order valence-corrected chi connectivity index (χ0v) is 10.8. The van der Waals surface area contributed by atoms with Gasteiger partial charge in [0, 0.05) is 19.3 Å². The lowest BCUT2D eigenvalue weighted by Crippen LogP contribution is -2.34. The first-order chi connectivity index (χ1) is 8.14. The highest BCUT2D eigenvalue weighted by Gasteiger charge is 2.08. The van der Waals surface area contributed by atoms with E-state index in [4.69, 9.17) is 0 Å². The number of hydrogen-bond acceptors (Lipinski definition) is 5. The second-order valence-corrected chi connectivity index (χ2v) is 5.56. The SMILES string of the molecule is CCCNCCS(=O)(=O)NCCn1ccnn1. The minimum absolute atomic E-state index is 0.102. The monoisotopic (exact) mass is 261 g/mol. The maximum atomic E-state index is 11.5. The molecule has 1 aromatic rings. The Bertz CT molecular complexity index is 390. The molecule has 0 atom stereocenters. The molecule has 1 heterocycles. The topological polar surface area (TPSA) is 88.9 Å². The second kappa shape index (κ2) is 7.36. The van der Waals surface area contributed by atoms with Crippen molar-refractivity contribution in [3.63, 3.8) is 0 Å². The molecule has 2 N–H and O–H groups in total. The molecular formula is C9H19N5O2S. The Labute approximate surface area is 102 Å². The Morgan fingerprint density at radius 2 is 2.12 bits per heavy atom. The van der Waals surface area contributed by atoms with Gasteiger partial charge in [-0.15, -0.1) is 5.10 Å². The zero-order valence-electron chi connectivity index (χ0n) is 9.96. The van der Waals surface area contributed by atoms with E-state index in [1.54, 1.807) is 17.1 Å². The number of rotatable bonds is 9. The van der Waals surface area contributed by atoms with Gasteiger partial charge in [0.15, 0.2) is 0 Å². The maximum absolute atomic E-state index is 11.5. The third-order valence-electron chi connectivity index (χ3n) is 2.11. The van der Waals surface area contributed by atoms with Gasteiger partial charge in [-0.25, -0.2) is 13.1 Å². The predicted molar refractivity (Wildman–Crippen MR) is 65.0 cm³/mol. The van der Waals surface area contributed by atoms with Crippen LogP contribution in [0.1, 0.15) is 13.3 Å². The molecule has 0 spiro atoms. The van der Waals surface area contributed by atoms with Crippen LogP contribution in [-0.2, 0) is 16.6 Å². The summed E-state index contributed by atoms with van der Waals surface area (Å²) in [5.41, 5.74) is 0. The van der Waals surface area contributed by atoms with Crippen molar-refractivity contribution in [2.75, 3.05) is 25.4 Å². The number of hydrogen-bond donors (Lipinski definition) is 2. The van der Waals surface area contributed by atoms with Crippen LogP contribution in [0, 0.1) is 0 Å². The van der Waals surface area contributed by atoms with Crippen LogP contribution in [-0.4, -0.2) is 48.8 Å². The zero-order chi connectivity index (χ0) is 12.6. The van der Waals surface area contributed by atoms with Gasteiger partial charge in [0.25, 0.3) is 0 Å². The molecule has 1 aromatic heterocycles. The molecule has 0 saturated carbocycles. The van der Waals surface area contributed by atoms with Crippen molar-refractivity contribution in [2.24, 2.45) is 0 Å². The summed E-state index contributed by atoms with van der Waals surface area (Å²) in [5.74, 6) is 0.102. The summed E-state index contributed by atoms with van der Waals surface area (Å²) >= 11 is 0. The van der Waals surface area contributed by atoms with Crippen LogP contribution in [0.4, 0.5) is 0 Å². The van der Waals surface area contributed by atoms with Crippen molar-refractivity contribution in [1.82, 2.24) is 25.0 Å². The molecule has 0 unspecified atom stereocenters. The van der Waals surface area contributed by atoms with Crippen molar-refractivity contribution in [2.45, 2.75) is 19.9 Å². The van der Waals surface area contributed by atoms with E-state index in [-0.39, 0.29) is 5.75 Å². The van der Waals surface area contributed by atoms with Gasteiger partial charge in [-0.05, 0) is 13.0 Å². The molecule has 1 rings (SSSR count). The Balaban J connectivity index is 2.16. The van der Waals surface area contributed by atoms with Crippen LogP contribution < -0.4 is 10.0 Å². The highest BCUT2D eigenvalue weighted by molar-refractivity contribution is 7.89. The number of aromatic nitrogens is 3. The largest absolute Gasteiger partial charge is 0.316 e. The standard InChI is InChI=1S/C9H19N5O2S/c1-2-3-10-6-9-17(15,16)12-5-8-14-7-4-11-13-14/h4,7,10,12H,2-3,5-6,8-9H2,1H3. The molecule has 8 heteroatoms. The van der Waals surface area contributed by atoms with Gasteiger partial charge in [-0.3, -0.25) is 4.68 Å². The van der Waals surface area contributed by atoms with Gasteiger partial charge in [0.05, 0.1) is 18.5 Å². The van der Waals surface area contributed by atoms with Crippen molar-refractivity contribution >= 4 is 10.0 Å². The fraction of sp³-hybridized carbons (Fsp3) is 0.778. The second-order valence-electron chi connectivity index (χ2n) is 3.63. The summed E-state index contributed by atoms with van der Waals surface area (Å²) in [4.78, 5) is 0. The number of sulfonamides is 1. The lowest BCUT2D eigenvalue weighted by atomic mass is 10.5. The first-order valence-corrected chi connectivity index (χ1v) is 7.31. The quantitative estimate of drug-likeness (QED) is 0.568. The van der Waals surface area contributed by atoms with E-state index >= 15 is 0 Å². The minimum atomic E-state index is -3.19. The van der Waals surface area contributed by atoms with E-state index < -0.39 is 10.0 Å². The minimum Gasteiger partial charge on any atom is -0.316 e. The van der Waals surface area contributed by atoms with E-state index in [0.29, 0.717) is 19.6 Å². The normalized spacial score (nSPS) is 11.8. The van der Waals surface area contributed by atoms with Crippen LogP contribution in [0.3, 0.4) is 0 Å². The molecule has 17 heavy (non-hydrogen) atoms. The van der Waals surface area contributed by atoms with Gasteiger partial charge in [-0.2, -0.15) is 0 Å². The fourth-order valence-corrected chi connectivity index (χ4v) is 2.21. The van der Waals surface area contributed by atoms with Crippen LogP contribution >= 0.6 is 0 Å². The Kier molecular flexibility index (Phi) is 6.09. The van der Waals surface area contributed by atoms with Crippen molar-refractivity contribution in [1.29, 1.82) is 0 Å². The maximum Gasteiger partial charge on any atom is 0.212 e. The van der Waals surface area contributed by atoms with Crippen molar-refractivity contribution in [3.05, 3.63) is 12.4 Å². The van der Waals surface area contributed by atoms with Gasteiger partial charge in [0.2, 0.25) is 10.0 Å². The molecule has 0 radical (unpaired) electrons. The molecule has 0 bridgehead atoms. The molecule has 98 valence electrons. The van der Waals surface area contributed by atoms with E-state index in [9.17, 15) is 8.42 Å². The van der Waals surface area contributed by atoms with E-state index in [2.05, 4.69) is 20.4 Å². The fourth-order valence-electron chi connectivity index (χ4n) is 1.25. The van der Waals surface area contributed by atoms with E-state index in [1.165, 1.54) is 0 Å². The molecule has 0 aliphatic rings. The van der Waals surface area contributed by atoms with Crippen LogP contribution in [0.5, 0.6) is 0 Å². The van der Waals surface area contributed by atoms with E-state index in [1.807, 2.05) is 6.92 Å². The van der Waals surface area contributed by atoms with E-state index in [0.717, 1.165) is 13.0 Å². The molecule has 0 saturated heterocycles. The average Bonchev–Trinajstić information content (AvgIpc) is 2.77. The first-order valence-electron chi connectivity index (χ1n) is 5.66. The summed E-state index contributed by atoms with van der Waals surface area (Å²) in [6.45, 7) is 4.18. The Hall–Kier alpha value is -0.990. The van der Waals surface area contributed by atoms with Gasteiger partial charge >= 0.3 is 0 Å². The molecular weight excluding hydrogens is 242 g/mol. The van der Waals surface area contributed by atoms with Gasteiger partial charge < -0.3 is 5.32 Å². The summed E-state index contributed by atoms with van der Waals surface area (Å²) < 4.78 is 27.2. The van der Waals surface area contributed by atoms with Crippen LogP contribution in [0.2, 0.25) is 0 Å². The highest BCUT2D eigenvalue weighted by atomic mass is 32.2. The summed E-state index contributed by atoms with van der Waals surface area (Å²) in [7, 11) is -3.19. The molecule has 0 aliphatic carbocycles. The number of nitrogens with zero attached hydrogens (tertiary/aromatic N) is 3. The summed E-state index contributed by atoms with van der Waals surface area (Å²) in [6.07, 6.45) is 4.25. The molecule has 0 aromatic carbocycles. The number of nitrogens with one attached hydrogen (secondary N) is 2. The highest BCUT2D eigenvalue weighted by Crippen LogP contribution is 1.85. The predicted octanol–water partition coefficient (Wildman–Crippen LogP) is -0.803. The third kappa shape index (κ3) is 6.35.